The lowest BCUT2D eigenvalue weighted by atomic mass is 9.71. The summed E-state index contributed by atoms with van der Waals surface area (Å²) in [4.78, 5) is 0. The van der Waals surface area contributed by atoms with Crippen molar-refractivity contribution in [1.82, 2.24) is 0 Å². The lowest BCUT2D eigenvalue weighted by molar-refractivity contribution is -0.160. The van der Waals surface area contributed by atoms with Crippen molar-refractivity contribution >= 4 is 0 Å². The summed E-state index contributed by atoms with van der Waals surface area (Å²) in [6.07, 6.45) is -4.16. The second-order valence-electron chi connectivity index (χ2n) is 7.32. The first-order valence-corrected chi connectivity index (χ1v) is 8.24. The van der Waals surface area contributed by atoms with Gasteiger partial charge in [-0.15, -0.1) is 0 Å². The minimum Gasteiger partial charge on any atom is -0.171 e. The molecular formula is C16H24F6. The van der Waals surface area contributed by atoms with Gasteiger partial charge in [-0.25, -0.2) is 0 Å². The Morgan fingerprint density at radius 3 is 1.41 bits per heavy atom. The molecule has 0 saturated heterocycles. The van der Waals surface area contributed by atoms with Crippen LogP contribution in [0.3, 0.4) is 0 Å². The van der Waals surface area contributed by atoms with E-state index in [0.29, 0.717) is 12.8 Å². The topological polar surface area (TPSA) is 0 Å². The molecule has 2 atom stereocenters. The molecule has 0 aromatic heterocycles. The van der Waals surface area contributed by atoms with Crippen molar-refractivity contribution in [2.45, 2.75) is 76.6 Å². The number of hydrogen-bond donors (Lipinski definition) is 0. The molecule has 2 unspecified atom stereocenters. The first-order valence-electron chi connectivity index (χ1n) is 8.24. The molecule has 2 saturated carbocycles. The summed E-state index contributed by atoms with van der Waals surface area (Å²) in [5, 5.41) is 0. The average molecular weight is 330 g/mol. The largest absolute Gasteiger partial charge is 0.389 e. The summed E-state index contributed by atoms with van der Waals surface area (Å²) in [7, 11) is 0. The molecule has 0 radical (unpaired) electrons. The Bertz CT molecular complexity index is 318. The van der Waals surface area contributed by atoms with Crippen LogP contribution in [-0.4, -0.2) is 12.4 Å². The maximum atomic E-state index is 12.6. The molecule has 0 spiro atoms. The lowest BCUT2D eigenvalue weighted by Gasteiger charge is -2.36. The fourth-order valence-electron chi connectivity index (χ4n) is 4.03. The van der Waals surface area contributed by atoms with Crippen LogP contribution in [0.2, 0.25) is 0 Å². The van der Waals surface area contributed by atoms with Gasteiger partial charge in [0.15, 0.2) is 0 Å². The molecule has 0 aromatic rings. The average Bonchev–Trinajstić information content (AvgIpc) is 3.07. The molecule has 22 heavy (non-hydrogen) atoms. The van der Waals surface area contributed by atoms with Gasteiger partial charge in [0.1, 0.15) is 0 Å². The van der Waals surface area contributed by atoms with Crippen LogP contribution in [0, 0.1) is 23.7 Å². The Morgan fingerprint density at radius 2 is 1.00 bits per heavy atom. The number of rotatable bonds is 6. The molecule has 2 aliphatic rings. The van der Waals surface area contributed by atoms with E-state index in [9.17, 15) is 26.3 Å². The molecule has 0 aromatic carbocycles. The van der Waals surface area contributed by atoms with Gasteiger partial charge in [-0.1, -0.05) is 32.1 Å². The van der Waals surface area contributed by atoms with E-state index >= 15 is 0 Å². The molecule has 0 nitrogen and oxygen atoms in total. The van der Waals surface area contributed by atoms with Crippen molar-refractivity contribution in [2.24, 2.45) is 23.7 Å². The molecule has 2 rings (SSSR count). The zero-order chi connectivity index (χ0) is 16.4. The van der Waals surface area contributed by atoms with E-state index in [-0.39, 0.29) is 12.3 Å². The Kier molecular flexibility index (Phi) is 5.70. The highest BCUT2D eigenvalue weighted by Crippen LogP contribution is 2.45. The smallest absolute Gasteiger partial charge is 0.171 e. The Balaban J connectivity index is 1.86. The van der Waals surface area contributed by atoms with Gasteiger partial charge in [-0.3, -0.25) is 0 Å². The van der Waals surface area contributed by atoms with E-state index in [1.807, 2.05) is 0 Å². The zero-order valence-corrected chi connectivity index (χ0v) is 12.6. The minimum atomic E-state index is -4.27. The van der Waals surface area contributed by atoms with Crippen molar-refractivity contribution in [2.75, 3.05) is 0 Å². The molecule has 130 valence electrons. The highest BCUT2D eigenvalue weighted by atomic mass is 19.4. The maximum absolute atomic E-state index is 12.6. The standard InChI is InChI=1S/C16H24F6/c17-15(18,19)9-13-6-12(3-1-2-11-4-5-11)7-14(8-13)10-16(20,21)22/h11-14H,1-10H2. The van der Waals surface area contributed by atoms with E-state index < -0.39 is 37.0 Å². The SMILES string of the molecule is FC(F)(F)CC1CC(CCCC2CC2)CC(CC(F)(F)F)C1. The fourth-order valence-corrected chi connectivity index (χ4v) is 4.03. The molecule has 2 fully saturated rings. The Labute approximate surface area is 127 Å². The molecule has 0 bridgehead atoms. The zero-order valence-electron chi connectivity index (χ0n) is 12.6. The number of hydrogen-bond acceptors (Lipinski definition) is 0. The van der Waals surface area contributed by atoms with Gasteiger partial charge in [0, 0.05) is 12.8 Å². The first kappa shape index (κ1) is 17.9. The van der Waals surface area contributed by atoms with Crippen LogP contribution in [0.1, 0.15) is 64.2 Å². The van der Waals surface area contributed by atoms with Crippen molar-refractivity contribution < 1.29 is 26.3 Å². The summed E-state index contributed by atoms with van der Waals surface area (Å²) >= 11 is 0. The second-order valence-corrected chi connectivity index (χ2v) is 7.32. The van der Waals surface area contributed by atoms with Gasteiger partial charge in [0.05, 0.1) is 0 Å². The van der Waals surface area contributed by atoms with Gasteiger partial charge < -0.3 is 0 Å². The molecule has 0 heterocycles. The summed E-state index contributed by atoms with van der Waals surface area (Å²) in [5.41, 5.74) is 0. The van der Waals surface area contributed by atoms with E-state index in [1.54, 1.807) is 0 Å². The van der Waals surface area contributed by atoms with E-state index in [4.69, 9.17) is 0 Å². The third kappa shape index (κ3) is 7.23. The first-order chi connectivity index (χ1) is 10.1. The van der Waals surface area contributed by atoms with Crippen LogP contribution in [0.25, 0.3) is 0 Å². The third-order valence-electron chi connectivity index (χ3n) is 4.96. The second kappa shape index (κ2) is 7.00. The fraction of sp³-hybridized carbons (Fsp3) is 1.00. The minimum absolute atomic E-state index is 0.0344. The molecular weight excluding hydrogens is 306 g/mol. The number of halogens is 6. The van der Waals surface area contributed by atoms with E-state index in [1.165, 1.54) is 12.8 Å². The maximum Gasteiger partial charge on any atom is 0.389 e. The van der Waals surface area contributed by atoms with Crippen LogP contribution < -0.4 is 0 Å². The van der Waals surface area contributed by atoms with Gasteiger partial charge in [0.2, 0.25) is 0 Å². The highest BCUT2D eigenvalue weighted by Gasteiger charge is 2.40. The molecule has 2 aliphatic carbocycles. The van der Waals surface area contributed by atoms with Gasteiger partial charge in [-0.05, 0) is 42.9 Å². The Hall–Kier alpha value is -0.420. The van der Waals surface area contributed by atoms with Crippen LogP contribution >= 0.6 is 0 Å². The van der Waals surface area contributed by atoms with Gasteiger partial charge >= 0.3 is 12.4 Å². The molecule has 0 N–H and O–H groups in total. The van der Waals surface area contributed by atoms with Crippen LogP contribution in [-0.2, 0) is 0 Å². The molecule has 6 heteroatoms. The predicted molar refractivity (Wildman–Crippen MR) is 72.2 cm³/mol. The van der Waals surface area contributed by atoms with Gasteiger partial charge in [0.25, 0.3) is 0 Å². The van der Waals surface area contributed by atoms with Crippen LogP contribution in [0.5, 0.6) is 0 Å². The summed E-state index contributed by atoms with van der Waals surface area (Å²) in [6.45, 7) is 0. The van der Waals surface area contributed by atoms with Crippen molar-refractivity contribution in [3.05, 3.63) is 0 Å². The van der Waals surface area contributed by atoms with Crippen LogP contribution in [0.15, 0.2) is 0 Å². The quantitative estimate of drug-likeness (QED) is 0.487. The lowest BCUT2D eigenvalue weighted by Crippen LogP contribution is -2.29. The van der Waals surface area contributed by atoms with Crippen LogP contribution in [0.4, 0.5) is 26.3 Å². The van der Waals surface area contributed by atoms with Crippen molar-refractivity contribution in [3.63, 3.8) is 0 Å². The normalized spacial score (nSPS) is 30.5. The third-order valence-corrected chi connectivity index (χ3v) is 4.96. The van der Waals surface area contributed by atoms with E-state index in [2.05, 4.69) is 0 Å². The predicted octanol–water partition coefficient (Wildman–Crippen LogP) is 6.50. The highest BCUT2D eigenvalue weighted by molar-refractivity contribution is 4.82. The van der Waals surface area contributed by atoms with Gasteiger partial charge in [-0.2, -0.15) is 26.3 Å². The summed E-state index contributed by atoms with van der Waals surface area (Å²) in [5.74, 6) is -0.466. The van der Waals surface area contributed by atoms with Crippen molar-refractivity contribution in [3.8, 4) is 0 Å². The Morgan fingerprint density at radius 1 is 0.591 bits per heavy atom. The van der Waals surface area contributed by atoms with E-state index in [0.717, 1.165) is 25.2 Å². The molecule has 0 aliphatic heterocycles. The molecule has 0 amide bonds. The number of alkyl halides is 6. The monoisotopic (exact) mass is 330 g/mol. The summed E-state index contributed by atoms with van der Waals surface area (Å²) < 4.78 is 75.5. The summed E-state index contributed by atoms with van der Waals surface area (Å²) in [6, 6.07) is 0. The van der Waals surface area contributed by atoms with Crippen molar-refractivity contribution in [1.29, 1.82) is 0 Å².